The third-order valence-corrected chi connectivity index (χ3v) is 4.06. The maximum atomic E-state index is 3.27. The van der Waals surface area contributed by atoms with Gasteiger partial charge in [0.2, 0.25) is 0 Å². The Kier molecular flexibility index (Phi) is 4.07. The lowest BCUT2D eigenvalue weighted by molar-refractivity contribution is 0.539. The van der Waals surface area contributed by atoms with Crippen molar-refractivity contribution >= 4 is 10.9 Å². The summed E-state index contributed by atoms with van der Waals surface area (Å²) in [6, 6.07) is 20.0. The van der Waals surface area contributed by atoms with E-state index in [2.05, 4.69) is 77.6 Å². The molecule has 0 amide bonds. The van der Waals surface area contributed by atoms with Gasteiger partial charge in [-0.2, -0.15) is 0 Å². The van der Waals surface area contributed by atoms with E-state index < -0.39 is 0 Å². The minimum Gasteiger partial charge on any atom is -0.340 e. The third-order valence-electron chi connectivity index (χ3n) is 4.06. The van der Waals surface area contributed by atoms with Crippen molar-refractivity contribution in [2.75, 3.05) is 13.6 Å². The molecular weight excluding hydrogens is 256 g/mol. The van der Waals surface area contributed by atoms with Crippen LogP contribution in [0.3, 0.4) is 0 Å². The van der Waals surface area contributed by atoms with Crippen LogP contribution in [0.1, 0.15) is 23.6 Å². The van der Waals surface area contributed by atoms with Gasteiger partial charge < -0.3 is 9.88 Å². The lowest BCUT2D eigenvalue weighted by Gasteiger charge is -2.21. The average Bonchev–Trinajstić information content (AvgIpc) is 2.92. The van der Waals surface area contributed by atoms with Gasteiger partial charge in [-0.15, -0.1) is 0 Å². The zero-order valence-electron chi connectivity index (χ0n) is 12.7. The molecule has 0 aliphatic rings. The van der Waals surface area contributed by atoms with Crippen molar-refractivity contribution in [3.8, 4) is 0 Å². The Morgan fingerprint density at radius 2 is 1.86 bits per heavy atom. The number of fused-ring (bicyclic) bond motifs is 1. The van der Waals surface area contributed by atoms with Crippen LogP contribution in [0.15, 0.2) is 60.8 Å². The normalized spacial score (nSPS) is 12.7. The van der Waals surface area contributed by atoms with Gasteiger partial charge in [-0.3, -0.25) is 0 Å². The van der Waals surface area contributed by atoms with Crippen molar-refractivity contribution in [3.05, 3.63) is 71.9 Å². The molecule has 3 rings (SSSR count). The van der Waals surface area contributed by atoms with E-state index >= 15 is 0 Å². The van der Waals surface area contributed by atoms with Crippen molar-refractivity contribution in [1.29, 1.82) is 0 Å². The highest BCUT2D eigenvalue weighted by Gasteiger charge is 2.14. The smallest absolute Gasteiger partial charge is 0.0598 e. The summed E-state index contributed by atoms with van der Waals surface area (Å²) in [7, 11) is 2.01. The molecule has 2 aromatic carbocycles. The first-order valence-electron chi connectivity index (χ1n) is 7.56. The number of nitrogens with one attached hydrogen (secondary N) is 1. The van der Waals surface area contributed by atoms with Crippen molar-refractivity contribution in [1.82, 2.24) is 9.88 Å². The summed E-state index contributed by atoms with van der Waals surface area (Å²) < 4.78 is 2.40. The van der Waals surface area contributed by atoms with E-state index in [4.69, 9.17) is 0 Å². The Hall–Kier alpha value is -2.06. The number of hydrogen-bond acceptors (Lipinski definition) is 1. The molecule has 2 heteroatoms. The summed E-state index contributed by atoms with van der Waals surface area (Å²) in [6.45, 7) is 3.15. The molecule has 1 aromatic heterocycles. The van der Waals surface area contributed by atoms with Crippen LogP contribution in [0, 0.1) is 6.92 Å². The fourth-order valence-electron chi connectivity index (χ4n) is 2.98. The molecule has 0 aliphatic carbocycles. The van der Waals surface area contributed by atoms with E-state index in [1.807, 2.05) is 7.05 Å². The van der Waals surface area contributed by atoms with E-state index in [1.165, 1.54) is 22.0 Å². The topological polar surface area (TPSA) is 17.0 Å². The van der Waals surface area contributed by atoms with Crippen molar-refractivity contribution in [2.45, 2.75) is 19.4 Å². The van der Waals surface area contributed by atoms with Gasteiger partial charge in [-0.1, -0.05) is 42.0 Å². The van der Waals surface area contributed by atoms with E-state index in [0.717, 1.165) is 13.0 Å². The molecule has 0 bridgehead atoms. The molecule has 21 heavy (non-hydrogen) atoms. The second-order valence-corrected chi connectivity index (χ2v) is 5.60. The maximum Gasteiger partial charge on any atom is 0.0598 e. The summed E-state index contributed by atoms with van der Waals surface area (Å²) in [6.07, 6.45) is 3.30. The molecule has 0 spiro atoms. The first-order chi connectivity index (χ1) is 10.3. The van der Waals surface area contributed by atoms with Gasteiger partial charge in [0.1, 0.15) is 0 Å². The van der Waals surface area contributed by atoms with Gasteiger partial charge in [-0.25, -0.2) is 0 Å². The molecule has 0 aliphatic heterocycles. The fourth-order valence-corrected chi connectivity index (χ4v) is 2.98. The molecule has 0 fully saturated rings. The molecule has 0 saturated carbocycles. The molecule has 1 atom stereocenters. The number of rotatable bonds is 5. The van der Waals surface area contributed by atoms with Crippen LogP contribution in [0.2, 0.25) is 0 Å². The number of nitrogens with zero attached hydrogens (tertiary/aromatic N) is 1. The molecule has 1 unspecified atom stereocenters. The lowest BCUT2D eigenvalue weighted by Crippen LogP contribution is -2.17. The van der Waals surface area contributed by atoms with E-state index in [0.29, 0.717) is 6.04 Å². The van der Waals surface area contributed by atoms with Crippen molar-refractivity contribution in [3.63, 3.8) is 0 Å². The number of aromatic nitrogens is 1. The van der Waals surface area contributed by atoms with Gasteiger partial charge in [0.05, 0.1) is 6.04 Å². The van der Waals surface area contributed by atoms with Gasteiger partial charge in [-0.05, 0) is 56.1 Å². The van der Waals surface area contributed by atoms with Gasteiger partial charge >= 0.3 is 0 Å². The minimum absolute atomic E-state index is 0.374. The monoisotopic (exact) mass is 278 g/mol. The van der Waals surface area contributed by atoms with Crippen LogP contribution in [0.5, 0.6) is 0 Å². The van der Waals surface area contributed by atoms with Crippen LogP contribution < -0.4 is 5.32 Å². The number of hydrogen-bond donors (Lipinski definition) is 1. The van der Waals surface area contributed by atoms with Crippen LogP contribution >= 0.6 is 0 Å². The van der Waals surface area contributed by atoms with E-state index in [-0.39, 0.29) is 0 Å². The second-order valence-electron chi connectivity index (χ2n) is 5.60. The van der Waals surface area contributed by atoms with Crippen LogP contribution in [0.25, 0.3) is 10.9 Å². The van der Waals surface area contributed by atoms with E-state index in [9.17, 15) is 0 Å². The Morgan fingerprint density at radius 1 is 1.05 bits per heavy atom. The molecule has 108 valence electrons. The zero-order chi connectivity index (χ0) is 14.7. The third kappa shape index (κ3) is 2.86. The molecule has 2 nitrogen and oxygen atoms in total. The quantitative estimate of drug-likeness (QED) is 0.742. The predicted molar refractivity (Wildman–Crippen MR) is 89.8 cm³/mol. The molecule has 3 aromatic rings. The zero-order valence-corrected chi connectivity index (χ0v) is 12.7. The maximum absolute atomic E-state index is 3.27. The SMILES string of the molecule is CNCCC(c1ccccc1)n1ccc2cc(C)ccc21. The molecule has 0 saturated heterocycles. The summed E-state index contributed by atoms with van der Waals surface area (Å²) in [5.41, 5.74) is 3.99. The average molecular weight is 278 g/mol. The molecule has 0 radical (unpaired) electrons. The first-order valence-corrected chi connectivity index (χ1v) is 7.56. The Labute approximate surface area is 126 Å². The first kappa shape index (κ1) is 13.9. The molecular formula is C19H22N2. The van der Waals surface area contributed by atoms with Crippen LogP contribution in [-0.4, -0.2) is 18.2 Å². The Morgan fingerprint density at radius 3 is 2.62 bits per heavy atom. The Balaban J connectivity index is 2.06. The highest BCUT2D eigenvalue weighted by atomic mass is 15.0. The molecule has 1 N–H and O–H groups in total. The second kappa shape index (κ2) is 6.15. The highest BCUT2D eigenvalue weighted by Crippen LogP contribution is 2.28. The minimum atomic E-state index is 0.374. The number of benzene rings is 2. The summed E-state index contributed by atoms with van der Waals surface area (Å²) in [4.78, 5) is 0. The van der Waals surface area contributed by atoms with Crippen molar-refractivity contribution < 1.29 is 0 Å². The van der Waals surface area contributed by atoms with Gasteiger partial charge in [0.15, 0.2) is 0 Å². The Bertz CT molecular complexity index is 713. The molecule has 1 heterocycles. The van der Waals surface area contributed by atoms with Crippen LogP contribution in [0.4, 0.5) is 0 Å². The fraction of sp³-hybridized carbons (Fsp3) is 0.263. The standard InChI is InChI=1S/C19H22N2/c1-15-8-9-18-17(14-15)11-13-21(18)19(10-12-20-2)16-6-4-3-5-7-16/h3-9,11,13-14,19-20H,10,12H2,1-2H3. The predicted octanol–water partition coefficient (Wildman–Crippen LogP) is 4.15. The number of aryl methyl sites for hydroxylation is 1. The van der Waals surface area contributed by atoms with Crippen molar-refractivity contribution in [2.24, 2.45) is 0 Å². The lowest BCUT2D eigenvalue weighted by atomic mass is 10.0. The summed E-state index contributed by atoms with van der Waals surface area (Å²) in [5.74, 6) is 0. The van der Waals surface area contributed by atoms with E-state index in [1.54, 1.807) is 0 Å². The summed E-state index contributed by atoms with van der Waals surface area (Å²) in [5, 5.41) is 4.59. The largest absolute Gasteiger partial charge is 0.340 e. The summed E-state index contributed by atoms with van der Waals surface area (Å²) >= 11 is 0. The van der Waals surface area contributed by atoms with Crippen LogP contribution in [-0.2, 0) is 0 Å². The highest BCUT2D eigenvalue weighted by molar-refractivity contribution is 5.81. The van der Waals surface area contributed by atoms with Gasteiger partial charge in [0, 0.05) is 11.7 Å². The van der Waals surface area contributed by atoms with Gasteiger partial charge in [0.25, 0.3) is 0 Å².